The monoisotopic (exact) mass is 1040 g/mol. The second kappa shape index (κ2) is 23.2. The van der Waals surface area contributed by atoms with Crippen LogP contribution in [-0.4, -0.2) is 98.5 Å². The van der Waals surface area contributed by atoms with Gasteiger partial charge < -0.3 is 48.4 Å². The summed E-state index contributed by atoms with van der Waals surface area (Å²) in [5.74, 6) is 4.20. The summed E-state index contributed by atoms with van der Waals surface area (Å²) in [4.78, 5) is 30.2. The molecule has 12 rings (SSSR count). The maximum Gasteiger partial charge on any atom is 0.231 e. The minimum absolute atomic E-state index is 0.0637. The van der Waals surface area contributed by atoms with Crippen molar-refractivity contribution in [2.75, 3.05) is 60.0 Å². The molecule has 74 heavy (non-hydrogen) atoms. The number of hydrogen-bond acceptors (Lipinski definition) is 10. The van der Waals surface area contributed by atoms with E-state index in [4.69, 9.17) is 41.4 Å². The summed E-state index contributed by atoms with van der Waals surface area (Å²) in [6, 6.07) is 28.8. The lowest BCUT2D eigenvalue weighted by molar-refractivity contribution is -0.121. The molecule has 4 fully saturated rings. The minimum atomic E-state index is -0.473. The summed E-state index contributed by atoms with van der Waals surface area (Å²) in [6.07, 6.45) is 6.37. The zero-order chi connectivity index (χ0) is 53.7. The first kappa shape index (κ1) is 53.4. The van der Waals surface area contributed by atoms with Crippen LogP contribution in [0.15, 0.2) is 84.9 Å². The van der Waals surface area contributed by atoms with Crippen LogP contribution in [0.2, 0.25) is 0 Å². The molecule has 0 spiro atoms. The quantitative estimate of drug-likeness (QED) is 0.0755. The number of alkyl halides is 2. The van der Waals surface area contributed by atoms with Crippen LogP contribution >= 0.6 is 11.6 Å². The van der Waals surface area contributed by atoms with Crippen LogP contribution in [0.3, 0.4) is 0 Å². The molecule has 2 aromatic heterocycles. The molecule has 2 aliphatic carbocycles. The van der Waals surface area contributed by atoms with Crippen LogP contribution in [0.1, 0.15) is 115 Å². The molecular formula is C60H75ClFN3O9. The molecule has 4 aliphatic heterocycles. The largest absolute Gasteiger partial charge is 0.454 e. The molecule has 3 unspecified atom stereocenters. The first-order chi connectivity index (χ1) is 35.9. The van der Waals surface area contributed by atoms with Gasteiger partial charge in [0.2, 0.25) is 13.6 Å². The highest BCUT2D eigenvalue weighted by Gasteiger charge is 2.52. The molecule has 3 N–H and O–H groups in total. The normalized spacial score (nSPS) is 19.6. The Kier molecular flexibility index (Phi) is 16.7. The molecule has 2 saturated carbocycles. The number of fused-ring (bicyclic) bond motifs is 4. The summed E-state index contributed by atoms with van der Waals surface area (Å²) >= 11 is 5.27. The third-order valence-electron chi connectivity index (χ3n) is 14.5. The standard InChI is InChI=1S/C28H34N2O4.C24H25NO3.C4H8O.C3H5ClO.CH3F/c1-27(2,3)25-13-19-11-18(5-7-22(19)30(25)16-21(31)15-29-4)12-26(32)28(9-10-28)20-6-8-23-24(14-20)34-17-33-23;1-23(2,3)21-12-16-10-15(4-6-18(16)25-21)11-22(26)24(8-9-24)17-5-7-19-20(13-17)28-14-27-19;1-2-4-5-3-1;4-1-3-2-5-3;1-2/h5-8,11,13-14,21,29,31H,9-10,12,15-17H2,1-4H3;4-7,10,12-13,25H,8-9,11,14H2,1-3H3;1-4H2;3H,1-2H2;1H3/i;;3D;;. The van der Waals surface area contributed by atoms with Gasteiger partial charge in [0.25, 0.3) is 0 Å². The number of halogens is 2. The van der Waals surface area contributed by atoms with Crippen molar-refractivity contribution < 1.29 is 48.9 Å². The molecule has 0 amide bonds. The number of carbonyl (C=O) groups is 2. The zero-order valence-electron chi connectivity index (χ0n) is 45.3. The minimum Gasteiger partial charge on any atom is -0.454 e. The number of nitrogens with one attached hydrogen (secondary N) is 2. The summed E-state index contributed by atoms with van der Waals surface area (Å²) in [5.41, 5.74) is 8.04. The number of likely N-dealkylation sites (N-methyl/N-ethyl adjacent to an activating group) is 1. The number of nitrogens with zero attached hydrogens (tertiary/aromatic N) is 1. The van der Waals surface area contributed by atoms with E-state index >= 15 is 0 Å². The average Bonchev–Trinajstić information content (AvgIpc) is 4.32. The van der Waals surface area contributed by atoms with Gasteiger partial charge in [-0.25, -0.2) is 0 Å². The summed E-state index contributed by atoms with van der Waals surface area (Å²) in [5, 5.41) is 15.8. The number of aliphatic hydroxyl groups is 1. The maximum absolute atomic E-state index is 13.5. The van der Waals surface area contributed by atoms with Crippen molar-refractivity contribution in [1.82, 2.24) is 14.9 Å². The van der Waals surface area contributed by atoms with Gasteiger partial charge in [-0.2, -0.15) is 0 Å². The van der Waals surface area contributed by atoms with Gasteiger partial charge in [-0.05, 0) is 134 Å². The van der Waals surface area contributed by atoms with Crippen molar-refractivity contribution in [3.8, 4) is 23.0 Å². The zero-order valence-corrected chi connectivity index (χ0v) is 45.1. The third kappa shape index (κ3) is 12.8. The molecule has 6 heterocycles. The second-order valence-corrected chi connectivity index (χ2v) is 22.4. The topological polar surface area (TPSA) is 146 Å². The Bertz CT molecular complexity index is 2940. The molecule has 2 saturated heterocycles. The first-order valence-electron chi connectivity index (χ1n) is 26.5. The van der Waals surface area contributed by atoms with E-state index in [1.807, 2.05) is 43.4 Å². The van der Waals surface area contributed by atoms with Crippen LogP contribution in [-0.2, 0) is 60.1 Å². The van der Waals surface area contributed by atoms with Crippen molar-refractivity contribution >= 4 is 45.0 Å². The van der Waals surface area contributed by atoms with Gasteiger partial charge in [0, 0.05) is 71.2 Å². The molecule has 6 aromatic rings. The summed E-state index contributed by atoms with van der Waals surface area (Å²) < 4.78 is 50.0. The molecule has 3 atom stereocenters. The smallest absolute Gasteiger partial charge is 0.231 e. The van der Waals surface area contributed by atoms with Gasteiger partial charge in [0.15, 0.2) is 23.0 Å². The maximum atomic E-state index is 13.5. The van der Waals surface area contributed by atoms with Crippen LogP contribution in [0.4, 0.5) is 4.39 Å². The SMILES string of the molecule is CC(C)(C)c1cc2cc(CC(=O)C3(c4ccc5c(c4)OCO5)CC3)ccc2[nH]1.CF.CNCC(O)Cn1c(C(C)(C)C)cc2cc(CC(=O)C3(c4ccc5c(c4)OCO5)CC3)ccc21.ClCC1CO1.[2H]C1CCCO1. The number of H-pyrrole nitrogens is 1. The summed E-state index contributed by atoms with van der Waals surface area (Å²) in [7, 11) is 2.35. The number of epoxide rings is 1. The van der Waals surface area contributed by atoms with Crippen LogP contribution in [0.5, 0.6) is 23.0 Å². The van der Waals surface area contributed by atoms with Gasteiger partial charge in [-0.1, -0.05) is 65.8 Å². The fourth-order valence-electron chi connectivity index (χ4n) is 9.83. The second-order valence-electron chi connectivity index (χ2n) is 22.1. The van der Waals surface area contributed by atoms with Gasteiger partial charge >= 0.3 is 0 Å². The summed E-state index contributed by atoms with van der Waals surface area (Å²) in [6.45, 7) is 16.2. The lowest BCUT2D eigenvalue weighted by Gasteiger charge is -2.23. The van der Waals surface area contributed by atoms with E-state index in [0.717, 1.165) is 113 Å². The molecule has 398 valence electrons. The lowest BCUT2D eigenvalue weighted by Crippen LogP contribution is -2.30. The van der Waals surface area contributed by atoms with E-state index < -0.39 is 11.5 Å². The third-order valence-corrected chi connectivity index (χ3v) is 14.8. The number of hydrogen-bond donors (Lipinski definition) is 3. The molecule has 14 heteroatoms. The van der Waals surface area contributed by atoms with Crippen molar-refractivity contribution in [3.05, 3.63) is 119 Å². The predicted molar refractivity (Wildman–Crippen MR) is 289 cm³/mol. The number of ketones is 2. The Morgan fingerprint density at radius 3 is 1.77 bits per heavy atom. The van der Waals surface area contributed by atoms with Crippen molar-refractivity contribution in [1.29, 1.82) is 0 Å². The Morgan fingerprint density at radius 1 is 0.770 bits per heavy atom. The number of Topliss-reactive ketones (excluding diaryl/α,β-unsaturated/α-hetero) is 2. The fourth-order valence-corrected chi connectivity index (χ4v) is 10.0. The molecule has 4 aromatic carbocycles. The Morgan fingerprint density at radius 2 is 1.32 bits per heavy atom. The number of ether oxygens (including phenoxy) is 6. The van der Waals surface area contributed by atoms with E-state index in [-0.39, 0.29) is 48.0 Å². The predicted octanol–water partition coefficient (Wildman–Crippen LogP) is 11.1. The number of aromatic amines is 1. The van der Waals surface area contributed by atoms with E-state index in [9.17, 15) is 19.1 Å². The molecule has 12 nitrogen and oxygen atoms in total. The highest BCUT2D eigenvalue weighted by atomic mass is 35.5. The molecular weight excluding hydrogens is 961 g/mol. The van der Waals surface area contributed by atoms with E-state index in [1.165, 1.54) is 16.8 Å². The van der Waals surface area contributed by atoms with E-state index in [2.05, 4.69) is 105 Å². The van der Waals surface area contributed by atoms with Crippen molar-refractivity contribution in [3.63, 3.8) is 0 Å². The Hall–Kier alpha value is -5.44. The lowest BCUT2D eigenvalue weighted by atomic mass is 9.87. The fraction of sp³-hybridized carbons (Fsp3) is 0.500. The van der Waals surface area contributed by atoms with Gasteiger partial charge in [0.1, 0.15) is 11.6 Å². The highest BCUT2D eigenvalue weighted by molar-refractivity contribution is 6.18. The average molecular weight is 1040 g/mol. The van der Waals surface area contributed by atoms with Gasteiger partial charge in [-0.3, -0.25) is 14.0 Å². The Balaban J connectivity index is 0.000000162. The molecule has 0 radical (unpaired) electrons. The van der Waals surface area contributed by atoms with Crippen molar-refractivity contribution in [2.45, 2.75) is 133 Å². The number of benzene rings is 4. The van der Waals surface area contributed by atoms with E-state index in [1.54, 1.807) is 0 Å². The van der Waals surface area contributed by atoms with Gasteiger partial charge in [0.05, 0.1) is 50.6 Å². The Labute approximate surface area is 441 Å². The molecule has 6 aliphatic rings. The first-order valence-corrected chi connectivity index (χ1v) is 26.5. The number of aromatic nitrogens is 2. The highest BCUT2D eigenvalue weighted by Crippen LogP contribution is 2.53. The number of aliphatic hydroxyl groups excluding tert-OH is 1. The van der Waals surface area contributed by atoms with Crippen LogP contribution in [0, 0.1) is 0 Å². The molecule has 0 bridgehead atoms. The van der Waals surface area contributed by atoms with E-state index in [0.29, 0.717) is 45.1 Å². The number of rotatable bonds is 13. The van der Waals surface area contributed by atoms with Crippen molar-refractivity contribution in [2.24, 2.45) is 0 Å². The number of carbonyl (C=O) groups excluding carboxylic acids is 2. The van der Waals surface area contributed by atoms with Crippen LogP contribution in [0.25, 0.3) is 21.8 Å². The van der Waals surface area contributed by atoms with Gasteiger partial charge in [-0.15, -0.1) is 11.6 Å². The van der Waals surface area contributed by atoms with Crippen LogP contribution < -0.4 is 24.3 Å².